The van der Waals surface area contributed by atoms with E-state index in [2.05, 4.69) is 5.32 Å². The Hall–Kier alpha value is -3.06. The van der Waals surface area contributed by atoms with Crippen LogP contribution in [0.25, 0.3) is 0 Å². The Kier molecular flexibility index (Phi) is 7.68. The lowest BCUT2D eigenvalue weighted by atomic mass is 9.97. The summed E-state index contributed by atoms with van der Waals surface area (Å²) < 4.78 is 11.3. The maximum atomic E-state index is 12.3. The molecule has 2 atom stereocenters. The number of rotatable bonds is 9. The van der Waals surface area contributed by atoms with Crippen molar-refractivity contribution in [3.8, 4) is 11.5 Å². The first-order valence-corrected chi connectivity index (χ1v) is 10.3. The maximum absolute atomic E-state index is 12.3. The lowest BCUT2D eigenvalue weighted by Gasteiger charge is -2.27. The van der Waals surface area contributed by atoms with E-state index >= 15 is 0 Å². The maximum Gasteiger partial charge on any atom is 0.275 e. The molecule has 0 spiro atoms. The Morgan fingerprint density at radius 2 is 1.93 bits per heavy atom. The van der Waals surface area contributed by atoms with Crippen LogP contribution in [-0.4, -0.2) is 38.6 Å². The second-order valence-electron chi connectivity index (χ2n) is 7.66. The molecule has 160 valence electrons. The second-order valence-corrected chi connectivity index (χ2v) is 7.66. The molecule has 2 amide bonds. The Labute approximate surface area is 177 Å². The zero-order valence-corrected chi connectivity index (χ0v) is 17.4. The molecule has 0 radical (unpaired) electrons. The number of carbonyl (C=O) groups is 2. The molecule has 1 aliphatic heterocycles. The van der Waals surface area contributed by atoms with E-state index in [-0.39, 0.29) is 17.7 Å². The van der Waals surface area contributed by atoms with E-state index in [1.807, 2.05) is 48.5 Å². The molecule has 4 N–H and O–H groups in total. The van der Waals surface area contributed by atoms with E-state index in [1.165, 1.54) is 0 Å². The summed E-state index contributed by atoms with van der Waals surface area (Å²) in [6, 6.07) is 15.6. The Balaban J connectivity index is 1.50. The van der Waals surface area contributed by atoms with Gasteiger partial charge in [-0.3, -0.25) is 9.59 Å². The summed E-state index contributed by atoms with van der Waals surface area (Å²) in [5.41, 5.74) is 7.42. The number of methoxy groups -OCH3 is 1. The molecule has 0 aliphatic carbocycles. The zero-order valence-electron chi connectivity index (χ0n) is 17.4. The van der Waals surface area contributed by atoms with E-state index in [0.29, 0.717) is 37.7 Å². The molecule has 1 unspecified atom stereocenters. The summed E-state index contributed by atoms with van der Waals surface area (Å²) in [6.07, 6.45) is 1.73. The van der Waals surface area contributed by atoms with E-state index in [1.54, 1.807) is 7.11 Å². The third kappa shape index (κ3) is 6.22. The lowest BCUT2D eigenvalue weighted by molar-refractivity contribution is -0.899. The van der Waals surface area contributed by atoms with Crippen molar-refractivity contribution in [2.24, 2.45) is 11.7 Å². The predicted molar refractivity (Wildman–Crippen MR) is 113 cm³/mol. The van der Waals surface area contributed by atoms with E-state index in [4.69, 9.17) is 15.2 Å². The first-order chi connectivity index (χ1) is 14.5. The highest BCUT2D eigenvalue weighted by Gasteiger charge is 2.28. The normalized spacial score (nSPS) is 18.4. The van der Waals surface area contributed by atoms with Gasteiger partial charge in [0.2, 0.25) is 5.91 Å². The molecule has 0 aromatic heterocycles. The highest BCUT2D eigenvalue weighted by Crippen LogP contribution is 2.28. The van der Waals surface area contributed by atoms with Crippen LogP contribution in [0.4, 0.5) is 0 Å². The van der Waals surface area contributed by atoms with Gasteiger partial charge < -0.3 is 25.4 Å². The second kappa shape index (κ2) is 10.6. The molecule has 0 saturated carbocycles. The standard InChI is InChI=1S/C23H29N3O4/c1-29-21-12-18(9-10-20(21)30-16-17-6-3-2-4-7-17)13-25-22(27)15-26-11-5-8-19(14-26)23(24)28/h2-4,6-7,9-10,12,19H,5,8,11,13-16H2,1H3,(H2,24,28)(H,25,27)/p+1/t19-/m0/s1. The number of quaternary nitrogens is 1. The van der Waals surface area contributed by atoms with Gasteiger partial charge in [0.25, 0.3) is 5.91 Å². The SMILES string of the molecule is COc1cc(CNC(=O)C[NH+]2CCC[C@H](C(N)=O)C2)ccc1OCc1ccccc1. The number of hydrogen-bond donors (Lipinski definition) is 3. The first kappa shape index (κ1) is 21.6. The minimum Gasteiger partial charge on any atom is -0.493 e. The van der Waals surface area contributed by atoms with Crippen molar-refractivity contribution >= 4 is 11.8 Å². The van der Waals surface area contributed by atoms with Crippen LogP contribution in [-0.2, 0) is 22.7 Å². The first-order valence-electron chi connectivity index (χ1n) is 10.3. The van der Waals surface area contributed by atoms with Gasteiger partial charge in [0.05, 0.1) is 26.1 Å². The van der Waals surface area contributed by atoms with Crippen LogP contribution in [0.15, 0.2) is 48.5 Å². The van der Waals surface area contributed by atoms with Crippen LogP contribution in [0.1, 0.15) is 24.0 Å². The number of ether oxygens (including phenoxy) is 2. The Morgan fingerprint density at radius 1 is 1.13 bits per heavy atom. The van der Waals surface area contributed by atoms with E-state index in [0.717, 1.165) is 35.4 Å². The number of benzene rings is 2. The molecule has 7 heteroatoms. The van der Waals surface area contributed by atoms with Gasteiger partial charge in [-0.05, 0) is 36.1 Å². The molecule has 7 nitrogen and oxygen atoms in total. The minimum atomic E-state index is -0.269. The Bertz CT molecular complexity index is 857. The molecule has 2 aromatic rings. The van der Waals surface area contributed by atoms with Crippen molar-refractivity contribution in [1.82, 2.24) is 5.32 Å². The minimum absolute atomic E-state index is 0.0431. The summed E-state index contributed by atoms with van der Waals surface area (Å²) in [4.78, 5) is 24.8. The zero-order chi connectivity index (χ0) is 21.3. The fraction of sp³-hybridized carbons (Fsp3) is 0.391. The molecule has 1 aliphatic rings. The van der Waals surface area contributed by atoms with Crippen LogP contribution in [0.2, 0.25) is 0 Å². The number of piperidine rings is 1. The van der Waals surface area contributed by atoms with Gasteiger partial charge in [0, 0.05) is 6.54 Å². The van der Waals surface area contributed by atoms with E-state index in [9.17, 15) is 9.59 Å². The van der Waals surface area contributed by atoms with Gasteiger partial charge in [-0.1, -0.05) is 36.4 Å². The lowest BCUT2D eigenvalue weighted by Crippen LogP contribution is -3.14. The average Bonchev–Trinajstić information content (AvgIpc) is 2.77. The third-order valence-electron chi connectivity index (χ3n) is 5.39. The number of hydrogen-bond acceptors (Lipinski definition) is 4. The summed E-state index contributed by atoms with van der Waals surface area (Å²) in [7, 11) is 1.60. The van der Waals surface area contributed by atoms with Crippen molar-refractivity contribution in [2.75, 3.05) is 26.7 Å². The number of amides is 2. The third-order valence-corrected chi connectivity index (χ3v) is 5.39. The fourth-order valence-electron chi connectivity index (χ4n) is 3.72. The topological polar surface area (TPSA) is 95.1 Å². The fourth-order valence-corrected chi connectivity index (χ4v) is 3.72. The molecule has 1 saturated heterocycles. The van der Waals surface area contributed by atoms with Crippen molar-refractivity contribution in [2.45, 2.75) is 26.0 Å². The quantitative estimate of drug-likeness (QED) is 0.564. The largest absolute Gasteiger partial charge is 0.493 e. The number of nitrogens with one attached hydrogen (secondary N) is 2. The summed E-state index contributed by atoms with van der Waals surface area (Å²) in [6.45, 7) is 2.72. The number of likely N-dealkylation sites (tertiary alicyclic amines) is 1. The van der Waals surface area contributed by atoms with E-state index < -0.39 is 0 Å². The molecular formula is C23H30N3O4+. The average molecular weight is 413 g/mol. The molecule has 30 heavy (non-hydrogen) atoms. The highest BCUT2D eigenvalue weighted by atomic mass is 16.5. The van der Waals surface area contributed by atoms with Gasteiger partial charge in [-0.2, -0.15) is 0 Å². The van der Waals surface area contributed by atoms with Crippen molar-refractivity contribution < 1.29 is 24.0 Å². The number of carbonyl (C=O) groups excluding carboxylic acids is 2. The molecule has 3 rings (SSSR count). The smallest absolute Gasteiger partial charge is 0.275 e. The van der Waals surface area contributed by atoms with Crippen molar-refractivity contribution in [3.63, 3.8) is 0 Å². The molecule has 1 fully saturated rings. The summed E-state index contributed by atoms with van der Waals surface area (Å²) in [5.74, 6) is 0.845. The van der Waals surface area contributed by atoms with Crippen LogP contribution in [0.5, 0.6) is 11.5 Å². The van der Waals surface area contributed by atoms with Crippen LogP contribution < -0.4 is 25.4 Å². The molecule has 2 aromatic carbocycles. The van der Waals surface area contributed by atoms with Gasteiger partial charge in [0.15, 0.2) is 18.0 Å². The van der Waals surface area contributed by atoms with Crippen LogP contribution >= 0.6 is 0 Å². The van der Waals surface area contributed by atoms with Gasteiger partial charge in [-0.15, -0.1) is 0 Å². The van der Waals surface area contributed by atoms with Gasteiger partial charge in [-0.25, -0.2) is 0 Å². The molecule has 1 heterocycles. The number of nitrogens with two attached hydrogens (primary N) is 1. The summed E-state index contributed by atoms with van der Waals surface area (Å²) in [5, 5.41) is 2.95. The predicted octanol–water partition coefficient (Wildman–Crippen LogP) is 0.671. The highest BCUT2D eigenvalue weighted by molar-refractivity contribution is 5.77. The van der Waals surface area contributed by atoms with Crippen molar-refractivity contribution in [3.05, 3.63) is 59.7 Å². The summed E-state index contributed by atoms with van der Waals surface area (Å²) >= 11 is 0. The Morgan fingerprint density at radius 3 is 2.67 bits per heavy atom. The molecule has 0 bridgehead atoms. The van der Waals surface area contributed by atoms with Crippen LogP contribution in [0, 0.1) is 5.92 Å². The van der Waals surface area contributed by atoms with Crippen molar-refractivity contribution in [1.29, 1.82) is 0 Å². The molecular weight excluding hydrogens is 382 g/mol. The van der Waals surface area contributed by atoms with Crippen LogP contribution in [0.3, 0.4) is 0 Å². The van der Waals surface area contributed by atoms with Gasteiger partial charge in [0.1, 0.15) is 6.61 Å². The van der Waals surface area contributed by atoms with Gasteiger partial charge >= 0.3 is 0 Å². The monoisotopic (exact) mass is 412 g/mol. The number of primary amides is 1.